The minimum Gasteiger partial charge on any atom is -0.0622 e. The molecule has 0 amide bonds. The molecule has 0 saturated heterocycles. The van der Waals surface area contributed by atoms with Crippen molar-refractivity contribution in [2.45, 2.75) is 0 Å². The molecule has 0 heteroatoms. The molecular formula is C58H38. The first-order valence-corrected chi connectivity index (χ1v) is 20.1. The van der Waals surface area contributed by atoms with Crippen molar-refractivity contribution >= 4 is 66.0 Å². The second kappa shape index (κ2) is 14.2. The lowest BCUT2D eigenvalue weighted by Crippen LogP contribution is -1.92. The van der Waals surface area contributed by atoms with Crippen molar-refractivity contribution in [1.82, 2.24) is 0 Å². The van der Waals surface area contributed by atoms with Gasteiger partial charge >= 0.3 is 0 Å². The molecule has 0 atom stereocenters. The van der Waals surface area contributed by atoms with E-state index in [1.165, 1.54) is 109 Å². The fourth-order valence-corrected chi connectivity index (χ4v) is 9.04. The molecule has 0 N–H and O–H groups in total. The number of rotatable bonds is 6. The van der Waals surface area contributed by atoms with E-state index >= 15 is 0 Å². The molecule has 11 aromatic carbocycles. The highest BCUT2D eigenvalue weighted by Gasteiger charge is 2.19. The van der Waals surface area contributed by atoms with E-state index in [1.54, 1.807) is 0 Å². The van der Waals surface area contributed by atoms with Gasteiger partial charge in [-0.15, -0.1) is 0 Å². The standard InChI is InChI=1S/C58H38/c1-2-13-39(14-3-1)27-28-40-15-10-20-45(35-40)49-23-11-26-52-50(24-12-25-51(49)52)46-33-34-55-56(38-46)58(48-32-30-42-17-5-7-19-44(42)37-48)54-22-9-8-21-53(54)57(55)47-31-29-41-16-4-6-18-43(41)36-47/h1-38H/b28-27+. The molecule has 0 heterocycles. The van der Waals surface area contributed by atoms with Crippen LogP contribution in [-0.4, -0.2) is 0 Å². The summed E-state index contributed by atoms with van der Waals surface area (Å²) in [4.78, 5) is 0. The molecule has 0 nitrogen and oxygen atoms in total. The van der Waals surface area contributed by atoms with Crippen LogP contribution in [0.1, 0.15) is 11.1 Å². The third kappa shape index (κ3) is 5.95. The van der Waals surface area contributed by atoms with E-state index in [0.717, 1.165) is 0 Å². The van der Waals surface area contributed by atoms with Crippen molar-refractivity contribution in [2.75, 3.05) is 0 Å². The van der Waals surface area contributed by atoms with Gasteiger partial charge in [0.05, 0.1) is 0 Å². The van der Waals surface area contributed by atoms with Crippen LogP contribution in [0.3, 0.4) is 0 Å². The summed E-state index contributed by atoms with van der Waals surface area (Å²) in [5.41, 5.74) is 12.2. The van der Waals surface area contributed by atoms with Crippen molar-refractivity contribution in [3.63, 3.8) is 0 Å². The van der Waals surface area contributed by atoms with Crippen molar-refractivity contribution in [3.8, 4) is 44.5 Å². The lowest BCUT2D eigenvalue weighted by Gasteiger charge is -2.20. The van der Waals surface area contributed by atoms with E-state index in [4.69, 9.17) is 0 Å². The molecule has 0 spiro atoms. The molecule has 0 aromatic heterocycles. The minimum absolute atomic E-state index is 1.18. The smallest absolute Gasteiger partial charge is 0.00259 e. The second-order valence-electron chi connectivity index (χ2n) is 15.3. The van der Waals surface area contributed by atoms with E-state index < -0.39 is 0 Å². The van der Waals surface area contributed by atoms with Crippen molar-refractivity contribution in [3.05, 3.63) is 230 Å². The third-order valence-corrected chi connectivity index (χ3v) is 11.8. The van der Waals surface area contributed by atoms with Crippen molar-refractivity contribution in [2.24, 2.45) is 0 Å². The Labute approximate surface area is 338 Å². The molecule has 0 fully saturated rings. The minimum atomic E-state index is 1.18. The quantitative estimate of drug-likeness (QED) is 0.118. The van der Waals surface area contributed by atoms with E-state index in [0.29, 0.717) is 0 Å². The molecule has 270 valence electrons. The van der Waals surface area contributed by atoms with Crippen LogP contribution in [0.5, 0.6) is 0 Å². The first kappa shape index (κ1) is 33.8. The van der Waals surface area contributed by atoms with E-state index in [2.05, 4.69) is 231 Å². The topological polar surface area (TPSA) is 0 Å². The van der Waals surface area contributed by atoms with Gasteiger partial charge < -0.3 is 0 Å². The van der Waals surface area contributed by atoms with Crippen LogP contribution in [0.4, 0.5) is 0 Å². The van der Waals surface area contributed by atoms with Crippen LogP contribution >= 0.6 is 0 Å². The molecule has 0 aliphatic carbocycles. The zero-order chi connectivity index (χ0) is 38.4. The van der Waals surface area contributed by atoms with Crippen molar-refractivity contribution < 1.29 is 0 Å². The largest absolute Gasteiger partial charge is 0.0622 e. The summed E-state index contributed by atoms with van der Waals surface area (Å²) in [6.07, 6.45) is 4.38. The van der Waals surface area contributed by atoms with Crippen LogP contribution in [0.2, 0.25) is 0 Å². The van der Waals surface area contributed by atoms with Gasteiger partial charge in [0.25, 0.3) is 0 Å². The predicted molar refractivity (Wildman–Crippen MR) is 251 cm³/mol. The van der Waals surface area contributed by atoms with Gasteiger partial charge in [0.2, 0.25) is 0 Å². The number of benzene rings is 11. The highest BCUT2D eigenvalue weighted by Crippen LogP contribution is 2.46. The molecule has 0 aliphatic heterocycles. The summed E-state index contributed by atoms with van der Waals surface area (Å²) in [6.45, 7) is 0. The fraction of sp³-hybridized carbons (Fsp3) is 0. The Kier molecular flexibility index (Phi) is 8.26. The Hall–Kier alpha value is -7.54. The molecule has 58 heavy (non-hydrogen) atoms. The summed E-state index contributed by atoms with van der Waals surface area (Å²) in [5, 5.41) is 12.5. The van der Waals surface area contributed by atoms with Crippen LogP contribution in [0.15, 0.2) is 218 Å². The van der Waals surface area contributed by atoms with E-state index in [1.807, 2.05) is 0 Å². The molecule has 0 bridgehead atoms. The highest BCUT2D eigenvalue weighted by molar-refractivity contribution is 6.23. The molecule has 0 saturated carbocycles. The first-order valence-electron chi connectivity index (χ1n) is 20.1. The Morgan fingerprint density at radius 1 is 0.224 bits per heavy atom. The highest BCUT2D eigenvalue weighted by atomic mass is 14.2. The summed E-state index contributed by atoms with van der Waals surface area (Å²) in [6, 6.07) is 80.2. The summed E-state index contributed by atoms with van der Waals surface area (Å²) < 4.78 is 0. The molecule has 0 aliphatic rings. The van der Waals surface area contributed by atoms with Gasteiger partial charge in [0, 0.05) is 0 Å². The van der Waals surface area contributed by atoms with Gasteiger partial charge in [-0.3, -0.25) is 0 Å². The monoisotopic (exact) mass is 734 g/mol. The number of hydrogen-bond donors (Lipinski definition) is 0. The molecule has 11 rings (SSSR count). The zero-order valence-corrected chi connectivity index (χ0v) is 31.9. The molecule has 11 aromatic rings. The fourth-order valence-electron chi connectivity index (χ4n) is 9.04. The SMILES string of the molecule is C(=C\c1cccc(-c2cccc3c(-c4ccc5c(-c6ccc7ccccc7c6)c6ccccc6c(-c6ccc7ccccc7c6)c5c4)cccc23)c1)/c1ccccc1. The maximum Gasteiger partial charge on any atom is -0.00259 e. The lowest BCUT2D eigenvalue weighted by atomic mass is 9.83. The molecular weight excluding hydrogens is 697 g/mol. The second-order valence-corrected chi connectivity index (χ2v) is 15.3. The van der Waals surface area contributed by atoms with Crippen LogP contribution in [-0.2, 0) is 0 Å². The lowest BCUT2D eigenvalue weighted by molar-refractivity contribution is 1.61. The molecule has 0 unspecified atom stereocenters. The van der Waals surface area contributed by atoms with Crippen LogP contribution in [0.25, 0.3) is 111 Å². The Morgan fingerprint density at radius 2 is 0.672 bits per heavy atom. The maximum absolute atomic E-state index is 2.45. The zero-order valence-electron chi connectivity index (χ0n) is 31.9. The van der Waals surface area contributed by atoms with Crippen LogP contribution in [0, 0.1) is 0 Å². The van der Waals surface area contributed by atoms with Gasteiger partial charge in [0.1, 0.15) is 0 Å². The Bertz CT molecular complexity index is 3380. The average molecular weight is 735 g/mol. The van der Waals surface area contributed by atoms with Gasteiger partial charge in [-0.1, -0.05) is 206 Å². The Balaban J connectivity index is 1.13. The normalized spacial score (nSPS) is 11.7. The number of fused-ring (bicyclic) bond motifs is 5. The van der Waals surface area contributed by atoms with Gasteiger partial charge in [-0.05, 0) is 134 Å². The summed E-state index contributed by atoms with van der Waals surface area (Å²) in [7, 11) is 0. The average Bonchev–Trinajstić information content (AvgIpc) is 3.29. The maximum atomic E-state index is 2.45. The molecule has 0 radical (unpaired) electrons. The van der Waals surface area contributed by atoms with E-state index in [-0.39, 0.29) is 0 Å². The van der Waals surface area contributed by atoms with Crippen LogP contribution < -0.4 is 0 Å². The summed E-state index contributed by atoms with van der Waals surface area (Å²) >= 11 is 0. The van der Waals surface area contributed by atoms with Gasteiger partial charge in [-0.25, -0.2) is 0 Å². The van der Waals surface area contributed by atoms with E-state index in [9.17, 15) is 0 Å². The van der Waals surface area contributed by atoms with Gasteiger partial charge in [0.15, 0.2) is 0 Å². The predicted octanol–water partition coefficient (Wildman–Crippen LogP) is 16.3. The van der Waals surface area contributed by atoms with Crippen molar-refractivity contribution in [1.29, 1.82) is 0 Å². The number of hydrogen-bond acceptors (Lipinski definition) is 0. The van der Waals surface area contributed by atoms with Gasteiger partial charge in [-0.2, -0.15) is 0 Å². The Morgan fingerprint density at radius 3 is 1.31 bits per heavy atom. The third-order valence-electron chi connectivity index (χ3n) is 11.8. The first-order chi connectivity index (χ1) is 28.7. The summed E-state index contributed by atoms with van der Waals surface area (Å²) in [5.74, 6) is 0.